The molecule has 0 unspecified atom stereocenters. The summed E-state index contributed by atoms with van der Waals surface area (Å²) in [5.41, 5.74) is 1.85. The van der Waals surface area contributed by atoms with Crippen LogP contribution in [-0.2, 0) is 0 Å². The van der Waals surface area contributed by atoms with Crippen LogP contribution in [0.2, 0.25) is 0 Å². The van der Waals surface area contributed by atoms with Gasteiger partial charge in [0.2, 0.25) is 0 Å². The van der Waals surface area contributed by atoms with Gasteiger partial charge in [0.25, 0.3) is 0 Å². The minimum atomic E-state index is -0.288. The van der Waals surface area contributed by atoms with Crippen molar-refractivity contribution in [1.82, 2.24) is 0 Å². The highest BCUT2D eigenvalue weighted by Gasteiger charge is 2.13. The molecular weight excluding hydrogens is 266 g/mol. The quantitative estimate of drug-likeness (QED) is 0.939. The number of rotatable bonds is 3. The Bertz CT molecular complexity index is 675. The Morgan fingerprint density at radius 2 is 1.86 bits per heavy atom. The molecule has 0 spiro atoms. The lowest BCUT2D eigenvalue weighted by Gasteiger charge is -2.19. The van der Waals surface area contributed by atoms with E-state index in [0.29, 0.717) is 22.7 Å². The molecule has 0 heterocycles. The molecule has 106 valence electrons. The standard InChI is InChI=1S/C16H15N3O2/c1-19(13-9-7-12(11-17)8-10-13)16(20)18-14-5-3-4-6-15(14)21-2/h3-10H,1-2H3,(H,18,20). The summed E-state index contributed by atoms with van der Waals surface area (Å²) in [4.78, 5) is 13.7. The number of nitrogens with one attached hydrogen (secondary N) is 1. The minimum absolute atomic E-state index is 0.288. The van der Waals surface area contributed by atoms with E-state index in [2.05, 4.69) is 5.32 Å². The van der Waals surface area contributed by atoms with Crippen LogP contribution in [0.15, 0.2) is 48.5 Å². The van der Waals surface area contributed by atoms with Crippen molar-refractivity contribution >= 4 is 17.4 Å². The Kier molecular flexibility index (Phi) is 4.42. The molecule has 0 bridgehead atoms. The molecule has 5 nitrogen and oxygen atoms in total. The Hall–Kier alpha value is -3.00. The number of benzene rings is 2. The number of amides is 2. The van der Waals surface area contributed by atoms with Crippen LogP contribution in [0, 0.1) is 11.3 Å². The number of para-hydroxylation sites is 2. The maximum atomic E-state index is 12.2. The number of ether oxygens (including phenoxy) is 1. The number of hydrogen-bond acceptors (Lipinski definition) is 3. The number of nitrogens with zero attached hydrogens (tertiary/aromatic N) is 2. The number of methoxy groups -OCH3 is 1. The second-order valence-corrected chi connectivity index (χ2v) is 4.35. The number of nitriles is 1. The largest absolute Gasteiger partial charge is 0.495 e. The van der Waals surface area contributed by atoms with Gasteiger partial charge in [-0.3, -0.25) is 4.90 Å². The molecule has 0 saturated carbocycles. The molecule has 2 amide bonds. The van der Waals surface area contributed by atoms with E-state index in [4.69, 9.17) is 10.00 Å². The van der Waals surface area contributed by atoms with E-state index in [1.165, 1.54) is 4.90 Å². The topological polar surface area (TPSA) is 65.4 Å². The summed E-state index contributed by atoms with van der Waals surface area (Å²) < 4.78 is 5.19. The molecule has 1 N–H and O–H groups in total. The summed E-state index contributed by atoms with van der Waals surface area (Å²) in [7, 11) is 3.21. The van der Waals surface area contributed by atoms with E-state index in [1.807, 2.05) is 18.2 Å². The number of hydrogen-bond donors (Lipinski definition) is 1. The van der Waals surface area contributed by atoms with Crippen molar-refractivity contribution < 1.29 is 9.53 Å². The Morgan fingerprint density at radius 1 is 1.19 bits per heavy atom. The summed E-state index contributed by atoms with van der Waals surface area (Å²) in [6.07, 6.45) is 0. The number of anilines is 2. The predicted octanol–water partition coefficient (Wildman–Crippen LogP) is 3.24. The summed E-state index contributed by atoms with van der Waals surface area (Å²) in [6, 6.07) is 15.7. The van der Waals surface area contributed by atoms with Crippen molar-refractivity contribution in [3.8, 4) is 11.8 Å². The lowest BCUT2D eigenvalue weighted by Crippen LogP contribution is -2.31. The van der Waals surface area contributed by atoms with Gasteiger partial charge < -0.3 is 10.1 Å². The monoisotopic (exact) mass is 281 g/mol. The fourth-order valence-electron chi connectivity index (χ4n) is 1.82. The lowest BCUT2D eigenvalue weighted by atomic mass is 10.2. The van der Waals surface area contributed by atoms with E-state index in [9.17, 15) is 4.79 Å². The molecule has 5 heteroatoms. The highest BCUT2D eigenvalue weighted by molar-refractivity contribution is 6.02. The van der Waals surface area contributed by atoms with Gasteiger partial charge in [0.1, 0.15) is 5.75 Å². The first-order valence-corrected chi connectivity index (χ1v) is 6.33. The normalized spacial score (nSPS) is 9.57. The molecule has 0 aliphatic carbocycles. The molecule has 0 aliphatic heterocycles. The van der Waals surface area contributed by atoms with E-state index in [-0.39, 0.29) is 6.03 Å². The number of carbonyl (C=O) groups excluding carboxylic acids is 1. The van der Waals surface area contributed by atoms with Crippen LogP contribution in [0.1, 0.15) is 5.56 Å². The molecule has 0 aliphatic rings. The van der Waals surface area contributed by atoms with E-state index in [0.717, 1.165) is 0 Å². The van der Waals surface area contributed by atoms with Crippen molar-refractivity contribution in [3.63, 3.8) is 0 Å². The Morgan fingerprint density at radius 3 is 2.48 bits per heavy atom. The van der Waals surface area contributed by atoms with Crippen LogP contribution in [0.5, 0.6) is 5.75 Å². The van der Waals surface area contributed by atoms with Crippen molar-refractivity contribution in [2.45, 2.75) is 0 Å². The third-order valence-electron chi connectivity index (χ3n) is 3.04. The first kappa shape index (κ1) is 14.4. The van der Waals surface area contributed by atoms with E-state index in [1.54, 1.807) is 50.6 Å². The summed E-state index contributed by atoms with van der Waals surface area (Å²) >= 11 is 0. The Balaban J connectivity index is 2.14. The fourth-order valence-corrected chi connectivity index (χ4v) is 1.82. The molecule has 0 saturated heterocycles. The lowest BCUT2D eigenvalue weighted by molar-refractivity contribution is 0.258. The van der Waals surface area contributed by atoms with E-state index >= 15 is 0 Å². The molecule has 0 radical (unpaired) electrons. The minimum Gasteiger partial charge on any atom is -0.495 e. The van der Waals surface area contributed by atoms with Gasteiger partial charge >= 0.3 is 6.03 Å². The van der Waals surface area contributed by atoms with Crippen molar-refractivity contribution in [3.05, 3.63) is 54.1 Å². The molecule has 2 rings (SSSR count). The predicted molar refractivity (Wildman–Crippen MR) is 81.6 cm³/mol. The maximum Gasteiger partial charge on any atom is 0.326 e. The summed E-state index contributed by atoms with van der Waals surface area (Å²) in [5.74, 6) is 0.596. The van der Waals surface area contributed by atoms with Gasteiger partial charge in [0, 0.05) is 12.7 Å². The molecule has 0 aromatic heterocycles. The van der Waals surface area contributed by atoms with Crippen molar-refractivity contribution in [1.29, 1.82) is 5.26 Å². The molecule has 21 heavy (non-hydrogen) atoms. The van der Waals surface area contributed by atoms with Gasteiger partial charge in [0.15, 0.2) is 0 Å². The highest BCUT2D eigenvalue weighted by Crippen LogP contribution is 2.24. The fraction of sp³-hybridized carbons (Fsp3) is 0.125. The molecule has 2 aromatic rings. The first-order valence-electron chi connectivity index (χ1n) is 6.33. The van der Waals surface area contributed by atoms with Crippen LogP contribution >= 0.6 is 0 Å². The van der Waals surface area contributed by atoms with Gasteiger partial charge in [-0.15, -0.1) is 0 Å². The smallest absolute Gasteiger partial charge is 0.326 e. The van der Waals surface area contributed by atoms with Crippen LogP contribution < -0.4 is 15.0 Å². The second-order valence-electron chi connectivity index (χ2n) is 4.35. The maximum absolute atomic E-state index is 12.2. The number of urea groups is 1. The van der Waals surface area contributed by atoms with Gasteiger partial charge in [-0.25, -0.2) is 4.79 Å². The second kappa shape index (κ2) is 6.44. The summed E-state index contributed by atoms with van der Waals surface area (Å²) in [6.45, 7) is 0. The zero-order chi connectivity index (χ0) is 15.2. The van der Waals surface area contributed by atoms with Gasteiger partial charge in [-0.1, -0.05) is 12.1 Å². The first-order chi connectivity index (χ1) is 10.2. The zero-order valence-corrected chi connectivity index (χ0v) is 11.8. The number of carbonyl (C=O) groups is 1. The molecule has 0 atom stereocenters. The SMILES string of the molecule is COc1ccccc1NC(=O)N(C)c1ccc(C#N)cc1. The van der Waals surface area contributed by atoms with E-state index < -0.39 is 0 Å². The third-order valence-corrected chi connectivity index (χ3v) is 3.04. The average molecular weight is 281 g/mol. The molecule has 2 aromatic carbocycles. The van der Waals surface area contributed by atoms with Crippen LogP contribution in [0.25, 0.3) is 0 Å². The molecule has 0 fully saturated rings. The van der Waals surface area contributed by atoms with Crippen molar-refractivity contribution in [2.75, 3.05) is 24.4 Å². The molecular formula is C16H15N3O2. The Labute approximate surface area is 123 Å². The summed E-state index contributed by atoms with van der Waals surface area (Å²) in [5, 5.41) is 11.6. The van der Waals surface area contributed by atoms with Gasteiger partial charge in [-0.2, -0.15) is 5.26 Å². The van der Waals surface area contributed by atoms with Crippen LogP contribution in [0.3, 0.4) is 0 Å². The van der Waals surface area contributed by atoms with Gasteiger partial charge in [-0.05, 0) is 36.4 Å². The third kappa shape index (κ3) is 3.31. The average Bonchev–Trinajstić information content (AvgIpc) is 2.54. The highest BCUT2D eigenvalue weighted by atomic mass is 16.5. The van der Waals surface area contributed by atoms with Crippen LogP contribution in [-0.4, -0.2) is 20.2 Å². The van der Waals surface area contributed by atoms with Gasteiger partial charge in [0.05, 0.1) is 24.4 Å². The zero-order valence-electron chi connectivity index (χ0n) is 11.8. The van der Waals surface area contributed by atoms with Crippen LogP contribution in [0.4, 0.5) is 16.2 Å². The van der Waals surface area contributed by atoms with Crippen molar-refractivity contribution in [2.24, 2.45) is 0 Å².